The average Bonchev–Trinajstić information content (AvgIpc) is 2.52. The van der Waals surface area contributed by atoms with Crippen molar-refractivity contribution in [2.75, 3.05) is 0 Å². The van der Waals surface area contributed by atoms with Crippen molar-refractivity contribution in [1.29, 1.82) is 0 Å². The Morgan fingerprint density at radius 1 is 0.952 bits per heavy atom. The standard InChI is InChI=1S/C19H19NO/c1-3-4-5-6-7-8-12-15-19(21)17(2)16-20-18-13-10-9-11-14-18/h3-16,21H,1-2H2/b5-4-,7-6-,12-8-,19-15+,20-16?. The molecule has 0 aliphatic rings. The molecule has 0 bridgehead atoms. The van der Waals surface area contributed by atoms with Gasteiger partial charge in [0.1, 0.15) is 5.76 Å². The minimum atomic E-state index is 0.0842. The molecule has 0 amide bonds. The van der Waals surface area contributed by atoms with Crippen LogP contribution in [0.3, 0.4) is 0 Å². The number of benzene rings is 1. The number of aliphatic imine (C=N–C) groups is 1. The molecular formula is C19H19NO. The first-order valence-corrected chi connectivity index (χ1v) is 6.54. The summed E-state index contributed by atoms with van der Waals surface area (Å²) in [6.07, 6.45) is 15.8. The minimum absolute atomic E-state index is 0.0842. The number of aliphatic hydroxyl groups excluding tert-OH is 1. The van der Waals surface area contributed by atoms with Crippen LogP contribution in [0.4, 0.5) is 5.69 Å². The first-order valence-electron chi connectivity index (χ1n) is 6.54. The van der Waals surface area contributed by atoms with E-state index in [0.29, 0.717) is 5.57 Å². The molecule has 0 fully saturated rings. The predicted molar refractivity (Wildman–Crippen MR) is 92.1 cm³/mol. The summed E-state index contributed by atoms with van der Waals surface area (Å²) in [6.45, 7) is 7.34. The van der Waals surface area contributed by atoms with E-state index in [1.807, 2.05) is 60.7 Å². The van der Waals surface area contributed by atoms with Gasteiger partial charge >= 0.3 is 0 Å². The van der Waals surface area contributed by atoms with E-state index in [1.54, 1.807) is 18.2 Å². The lowest BCUT2D eigenvalue weighted by Crippen LogP contribution is -1.87. The summed E-state index contributed by atoms with van der Waals surface area (Å²) in [5.74, 6) is 0.0842. The first kappa shape index (κ1) is 16.2. The number of aliphatic hydroxyl groups is 1. The molecule has 0 saturated carbocycles. The molecule has 0 aliphatic heterocycles. The van der Waals surface area contributed by atoms with Crippen molar-refractivity contribution < 1.29 is 5.11 Å². The monoisotopic (exact) mass is 277 g/mol. The van der Waals surface area contributed by atoms with Crippen molar-refractivity contribution in [2.24, 2.45) is 4.99 Å². The van der Waals surface area contributed by atoms with Gasteiger partial charge in [0.05, 0.1) is 5.69 Å². The normalized spacial score (nSPS) is 12.9. The lowest BCUT2D eigenvalue weighted by molar-refractivity contribution is 0.429. The molecule has 0 aliphatic carbocycles. The van der Waals surface area contributed by atoms with Gasteiger partial charge in [0, 0.05) is 11.8 Å². The second-order valence-electron chi connectivity index (χ2n) is 4.06. The van der Waals surface area contributed by atoms with Crippen molar-refractivity contribution in [2.45, 2.75) is 0 Å². The summed E-state index contributed by atoms with van der Waals surface area (Å²) < 4.78 is 0. The Bertz CT molecular complexity index is 602. The average molecular weight is 277 g/mol. The zero-order chi connectivity index (χ0) is 15.3. The molecule has 0 saturated heterocycles. The third-order valence-corrected chi connectivity index (χ3v) is 2.40. The fourth-order valence-electron chi connectivity index (χ4n) is 1.32. The molecule has 0 unspecified atom stereocenters. The van der Waals surface area contributed by atoms with Gasteiger partial charge in [0.25, 0.3) is 0 Å². The van der Waals surface area contributed by atoms with Gasteiger partial charge in [-0.1, -0.05) is 73.9 Å². The molecule has 106 valence electrons. The van der Waals surface area contributed by atoms with Gasteiger partial charge in [0.15, 0.2) is 0 Å². The van der Waals surface area contributed by atoms with Gasteiger partial charge in [-0.3, -0.25) is 4.99 Å². The Balaban J connectivity index is 2.53. The van der Waals surface area contributed by atoms with Gasteiger partial charge in [0.2, 0.25) is 0 Å². The molecule has 1 N–H and O–H groups in total. The van der Waals surface area contributed by atoms with E-state index in [4.69, 9.17) is 0 Å². The lowest BCUT2D eigenvalue weighted by atomic mass is 10.2. The van der Waals surface area contributed by atoms with Crippen LogP contribution in [0, 0.1) is 0 Å². The van der Waals surface area contributed by atoms with Crippen LogP contribution in [-0.2, 0) is 0 Å². The Hall–Kier alpha value is -2.87. The Kier molecular flexibility index (Phi) is 7.69. The third-order valence-electron chi connectivity index (χ3n) is 2.40. The molecule has 0 heterocycles. The van der Waals surface area contributed by atoms with Crippen molar-refractivity contribution in [3.05, 3.63) is 103 Å². The van der Waals surface area contributed by atoms with Crippen molar-refractivity contribution in [1.82, 2.24) is 0 Å². The molecule has 2 nitrogen and oxygen atoms in total. The van der Waals surface area contributed by atoms with Crippen LogP contribution < -0.4 is 0 Å². The summed E-state index contributed by atoms with van der Waals surface area (Å²) in [7, 11) is 0. The van der Waals surface area contributed by atoms with Gasteiger partial charge in [-0.25, -0.2) is 0 Å². The highest BCUT2D eigenvalue weighted by Crippen LogP contribution is 2.10. The number of nitrogens with zero attached hydrogens (tertiary/aromatic N) is 1. The molecule has 1 rings (SSSR count). The summed E-state index contributed by atoms with van der Waals surface area (Å²) in [4.78, 5) is 4.22. The van der Waals surface area contributed by atoms with Gasteiger partial charge in [-0.2, -0.15) is 0 Å². The summed E-state index contributed by atoms with van der Waals surface area (Å²) in [5, 5.41) is 9.80. The number of hydrogen-bond donors (Lipinski definition) is 1. The lowest BCUT2D eigenvalue weighted by Gasteiger charge is -1.96. The van der Waals surface area contributed by atoms with Crippen LogP contribution >= 0.6 is 0 Å². The van der Waals surface area contributed by atoms with E-state index in [9.17, 15) is 5.11 Å². The van der Waals surface area contributed by atoms with Gasteiger partial charge < -0.3 is 5.11 Å². The molecule has 0 radical (unpaired) electrons. The fourth-order valence-corrected chi connectivity index (χ4v) is 1.32. The summed E-state index contributed by atoms with van der Waals surface area (Å²) in [5.41, 5.74) is 1.28. The molecule has 1 aromatic rings. The molecular weight excluding hydrogens is 258 g/mol. The maximum absolute atomic E-state index is 9.80. The third kappa shape index (κ3) is 7.33. The second kappa shape index (κ2) is 9.98. The largest absolute Gasteiger partial charge is 0.507 e. The maximum atomic E-state index is 9.80. The highest BCUT2D eigenvalue weighted by molar-refractivity contribution is 5.84. The van der Waals surface area contributed by atoms with E-state index in [1.165, 1.54) is 6.21 Å². The van der Waals surface area contributed by atoms with Crippen LogP contribution in [0.2, 0.25) is 0 Å². The molecule has 2 heteroatoms. The maximum Gasteiger partial charge on any atom is 0.123 e. The van der Waals surface area contributed by atoms with Crippen LogP contribution in [-0.4, -0.2) is 11.3 Å². The quantitative estimate of drug-likeness (QED) is 0.412. The van der Waals surface area contributed by atoms with Crippen molar-refractivity contribution >= 4 is 11.9 Å². The number of rotatable bonds is 7. The molecule has 0 aromatic heterocycles. The highest BCUT2D eigenvalue weighted by atomic mass is 16.3. The summed E-state index contributed by atoms with van der Waals surface area (Å²) >= 11 is 0. The fraction of sp³-hybridized carbons (Fsp3) is 0. The zero-order valence-corrected chi connectivity index (χ0v) is 11.9. The van der Waals surface area contributed by atoms with E-state index in [-0.39, 0.29) is 5.76 Å². The predicted octanol–water partition coefficient (Wildman–Crippen LogP) is 5.24. The van der Waals surface area contributed by atoms with Crippen LogP contribution in [0.5, 0.6) is 0 Å². The highest BCUT2D eigenvalue weighted by Gasteiger charge is 1.94. The van der Waals surface area contributed by atoms with Crippen LogP contribution in [0.25, 0.3) is 0 Å². The van der Waals surface area contributed by atoms with Crippen LogP contribution in [0.15, 0.2) is 108 Å². The first-order chi connectivity index (χ1) is 10.2. The molecule has 1 aromatic carbocycles. The van der Waals surface area contributed by atoms with E-state index < -0.39 is 0 Å². The van der Waals surface area contributed by atoms with E-state index in [2.05, 4.69) is 18.2 Å². The van der Waals surface area contributed by atoms with E-state index >= 15 is 0 Å². The van der Waals surface area contributed by atoms with E-state index in [0.717, 1.165) is 5.69 Å². The second-order valence-corrected chi connectivity index (χ2v) is 4.06. The zero-order valence-electron chi connectivity index (χ0n) is 11.9. The number of hydrogen-bond acceptors (Lipinski definition) is 2. The van der Waals surface area contributed by atoms with Gasteiger partial charge in [-0.05, 0) is 18.2 Å². The SMILES string of the molecule is C=C\C=C/C=C\C=C/C=C(/O)C(=C)C=Nc1ccccc1. The Morgan fingerprint density at radius 2 is 1.57 bits per heavy atom. The van der Waals surface area contributed by atoms with Crippen molar-refractivity contribution in [3.8, 4) is 0 Å². The Morgan fingerprint density at radius 3 is 2.24 bits per heavy atom. The van der Waals surface area contributed by atoms with Gasteiger partial charge in [-0.15, -0.1) is 0 Å². The summed E-state index contributed by atoms with van der Waals surface area (Å²) in [6, 6.07) is 9.49. The topological polar surface area (TPSA) is 32.6 Å². The molecule has 0 spiro atoms. The molecule has 0 atom stereocenters. The smallest absolute Gasteiger partial charge is 0.123 e. The van der Waals surface area contributed by atoms with Crippen LogP contribution in [0.1, 0.15) is 0 Å². The van der Waals surface area contributed by atoms with Crippen molar-refractivity contribution in [3.63, 3.8) is 0 Å². The number of para-hydroxylation sites is 1. The molecule has 21 heavy (non-hydrogen) atoms. The number of allylic oxidation sites excluding steroid dienone is 9. The Labute approximate surface area is 126 Å². The minimum Gasteiger partial charge on any atom is -0.507 e.